The Morgan fingerprint density at radius 2 is 2.09 bits per heavy atom. The van der Waals surface area contributed by atoms with Crippen LogP contribution < -0.4 is 5.32 Å². The van der Waals surface area contributed by atoms with Crippen LogP contribution in [0.1, 0.15) is 18.1 Å². The van der Waals surface area contributed by atoms with Gasteiger partial charge in [0.15, 0.2) is 11.0 Å². The van der Waals surface area contributed by atoms with Gasteiger partial charge in [0, 0.05) is 23.8 Å². The molecular formula is C15H13ClN4O2S. The molecule has 3 aromatic rings. The summed E-state index contributed by atoms with van der Waals surface area (Å²) in [4.78, 5) is 20.4. The Morgan fingerprint density at radius 1 is 1.26 bits per heavy atom. The molecule has 0 fully saturated rings. The van der Waals surface area contributed by atoms with E-state index in [1.807, 2.05) is 35.7 Å². The van der Waals surface area contributed by atoms with Crippen molar-refractivity contribution in [1.82, 2.24) is 15.1 Å². The number of hydrogen-bond acceptors (Lipinski definition) is 6. The smallest absolute Gasteiger partial charge is 0.227 e. The van der Waals surface area contributed by atoms with Gasteiger partial charge in [-0.2, -0.15) is 4.98 Å². The highest BCUT2D eigenvalue weighted by Gasteiger charge is 2.11. The van der Waals surface area contributed by atoms with Crippen LogP contribution in [0, 0.1) is 0 Å². The fraction of sp³-hybridized carbons (Fsp3) is 0.200. The van der Waals surface area contributed by atoms with Crippen LogP contribution in [0.5, 0.6) is 0 Å². The molecule has 0 unspecified atom stereocenters. The largest absolute Gasteiger partial charge is 0.339 e. The van der Waals surface area contributed by atoms with Crippen molar-refractivity contribution in [2.75, 3.05) is 5.32 Å². The van der Waals surface area contributed by atoms with Crippen molar-refractivity contribution in [1.29, 1.82) is 0 Å². The van der Waals surface area contributed by atoms with E-state index in [1.54, 1.807) is 0 Å². The number of hydrogen-bond donors (Lipinski definition) is 1. The number of alkyl halides is 1. The highest BCUT2D eigenvalue weighted by atomic mass is 35.5. The third kappa shape index (κ3) is 4.14. The lowest BCUT2D eigenvalue weighted by Gasteiger charge is -1.99. The molecule has 1 amide bonds. The number of carbonyl (C=O) groups is 1. The second-order valence-corrected chi connectivity index (χ2v) is 5.82. The van der Waals surface area contributed by atoms with Crippen LogP contribution in [0.2, 0.25) is 0 Å². The summed E-state index contributed by atoms with van der Waals surface area (Å²) >= 11 is 6.98. The molecule has 0 saturated carbocycles. The lowest BCUT2D eigenvalue weighted by Crippen LogP contribution is -2.12. The number of aryl methyl sites for hydroxylation is 1. The number of aromatic nitrogens is 3. The van der Waals surface area contributed by atoms with E-state index >= 15 is 0 Å². The maximum absolute atomic E-state index is 11.9. The molecule has 118 valence electrons. The molecule has 0 bridgehead atoms. The fourth-order valence-corrected chi connectivity index (χ4v) is 2.77. The predicted octanol–water partition coefficient (Wildman–Crippen LogP) is 3.50. The molecule has 2 heterocycles. The van der Waals surface area contributed by atoms with Crippen LogP contribution in [-0.4, -0.2) is 21.0 Å². The molecule has 0 radical (unpaired) electrons. The lowest BCUT2D eigenvalue weighted by molar-refractivity contribution is -0.116. The van der Waals surface area contributed by atoms with Gasteiger partial charge >= 0.3 is 0 Å². The molecular weight excluding hydrogens is 336 g/mol. The molecule has 0 aliphatic carbocycles. The molecule has 6 nitrogen and oxygen atoms in total. The molecule has 3 rings (SSSR count). The summed E-state index contributed by atoms with van der Waals surface area (Å²) in [7, 11) is 0. The Balaban J connectivity index is 1.55. The van der Waals surface area contributed by atoms with E-state index in [-0.39, 0.29) is 18.2 Å². The molecule has 23 heavy (non-hydrogen) atoms. The van der Waals surface area contributed by atoms with E-state index in [0.29, 0.717) is 23.3 Å². The minimum Gasteiger partial charge on any atom is -0.339 e. The van der Waals surface area contributed by atoms with E-state index in [2.05, 4.69) is 20.4 Å². The van der Waals surface area contributed by atoms with Gasteiger partial charge in [0.2, 0.25) is 11.8 Å². The average molecular weight is 349 g/mol. The normalized spacial score (nSPS) is 10.7. The van der Waals surface area contributed by atoms with Crippen LogP contribution in [0.3, 0.4) is 0 Å². The number of anilines is 1. The molecule has 0 saturated heterocycles. The Kier molecular flexibility index (Phi) is 4.99. The first-order valence-electron chi connectivity index (χ1n) is 6.93. The van der Waals surface area contributed by atoms with Gasteiger partial charge in [0.05, 0.1) is 11.6 Å². The number of carbonyl (C=O) groups excluding carboxylic acids is 1. The Labute approximate surface area is 141 Å². The van der Waals surface area contributed by atoms with E-state index < -0.39 is 0 Å². The molecule has 0 spiro atoms. The first-order chi connectivity index (χ1) is 11.2. The summed E-state index contributed by atoms with van der Waals surface area (Å²) < 4.78 is 4.98. The van der Waals surface area contributed by atoms with Gasteiger partial charge in [0.25, 0.3) is 0 Å². The fourth-order valence-electron chi connectivity index (χ4n) is 1.92. The summed E-state index contributed by atoms with van der Waals surface area (Å²) in [5, 5.41) is 8.93. The van der Waals surface area contributed by atoms with Gasteiger partial charge in [-0.05, 0) is 0 Å². The molecule has 1 aromatic carbocycles. The van der Waals surface area contributed by atoms with Crippen molar-refractivity contribution in [3.63, 3.8) is 0 Å². The van der Waals surface area contributed by atoms with Gasteiger partial charge in [0.1, 0.15) is 0 Å². The number of amides is 1. The molecule has 0 aliphatic rings. The van der Waals surface area contributed by atoms with Crippen molar-refractivity contribution >= 4 is 34.0 Å². The first kappa shape index (κ1) is 15.6. The second kappa shape index (κ2) is 7.34. The highest BCUT2D eigenvalue weighted by Crippen LogP contribution is 2.24. The quantitative estimate of drug-likeness (QED) is 0.689. The van der Waals surface area contributed by atoms with E-state index in [4.69, 9.17) is 16.1 Å². The zero-order valence-corrected chi connectivity index (χ0v) is 13.6. The molecule has 1 N–H and O–H groups in total. The van der Waals surface area contributed by atoms with Gasteiger partial charge in [-0.3, -0.25) is 4.79 Å². The number of nitrogens with one attached hydrogen (secondary N) is 1. The van der Waals surface area contributed by atoms with Gasteiger partial charge in [-0.15, -0.1) is 22.9 Å². The van der Waals surface area contributed by atoms with E-state index in [9.17, 15) is 4.79 Å². The number of benzene rings is 1. The molecule has 0 atom stereocenters. The molecule has 2 aromatic heterocycles. The molecule has 8 heteroatoms. The van der Waals surface area contributed by atoms with Crippen molar-refractivity contribution in [2.45, 2.75) is 18.7 Å². The number of rotatable bonds is 6. The van der Waals surface area contributed by atoms with Crippen molar-refractivity contribution in [3.8, 4) is 11.3 Å². The topological polar surface area (TPSA) is 80.9 Å². The Morgan fingerprint density at radius 3 is 2.83 bits per heavy atom. The Hall–Kier alpha value is -2.25. The maximum atomic E-state index is 11.9. The number of thiazole rings is 1. The van der Waals surface area contributed by atoms with Crippen molar-refractivity contribution in [2.24, 2.45) is 0 Å². The molecule has 0 aliphatic heterocycles. The van der Waals surface area contributed by atoms with Gasteiger partial charge < -0.3 is 9.84 Å². The van der Waals surface area contributed by atoms with Crippen LogP contribution in [-0.2, 0) is 17.1 Å². The maximum Gasteiger partial charge on any atom is 0.227 e. The summed E-state index contributed by atoms with van der Waals surface area (Å²) in [6.45, 7) is 0. The van der Waals surface area contributed by atoms with Crippen molar-refractivity contribution < 1.29 is 9.32 Å². The zero-order chi connectivity index (χ0) is 16.1. The monoisotopic (exact) mass is 348 g/mol. The summed E-state index contributed by atoms with van der Waals surface area (Å²) in [5.74, 6) is 0.871. The highest BCUT2D eigenvalue weighted by molar-refractivity contribution is 7.14. The van der Waals surface area contributed by atoms with E-state index in [1.165, 1.54) is 11.3 Å². The number of nitrogens with zero attached hydrogens (tertiary/aromatic N) is 3. The standard InChI is InChI=1S/C15H13ClN4O2S/c16-8-12-18-14(22-20-12)7-6-13(21)19-15-17-11(9-23-15)10-4-2-1-3-5-10/h1-5,9H,6-8H2,(H,17,19,21). The van der Waals surface area contributed by atoms with E-state index in [0.717, 1.165) is 11.3 Å². The van der Waals surface area contributed by atoms with Crippen LogP contribution in [0.15, 0.2) is 40.2 Å². The van der Waals surface area contributed by atoms with Crippen LogP contribution in [0.25, 0.3) is 11.3 Å². The zero-order valence-electron chi connectivity index (χ0n) is 12.0. The second-order valence-electron chi connectivity index (χ2n) is 4.69. The summed E-state index contributed by atoms with van der Waals surface area (Å²) in [6, 6.07) is 9.81. The van der Waals surface area contributed by atoms with Gasteiger partial charge in [-0.1, -0.05) is 35.5 Å². The van der Waals surface area contributed by atoms with Crippen LogP contribution in [0.4, 0.5) is 5.13 Å². The predicted molar refractivity (Wildman–Crippen MR) is 88.4 cm³/mol. The Bertz CT molecular complexity index is 788. The van der Waals surface area contributed by atoms with Gasteiger partial charge in [-0.25, -0.2) is 4.98 Å². The summed E-state index contributed by atoms with van der Waals surface area (Å²) in [6.07, 6.45) is 0.608. The van der Waals surface area contributed by atoms with Crippen molar-refractivity contribution in [3.05, 3.63) is 47.4 Å². The lowest BCUT2D eigenvalue weighted by atomic mass is 10.2. The summed E-state index contributed by atoms with van der Waals surface area (Å²) in [5.41, 5.74) is 1.86. The third-order valence-electron chi connectivity index (χ3n) is 3.02. The minimum atomic E-state index is -0.149. The van der Waals surface area contributed by atoms with Crippen LogP contribution >= 0.6 is 22.9 Å². The average Bonchev–Trinajstić information content (AvgIpc) is 3.23. The minimum absolute atomic E-state index is 0.149. The number of halogens is 1. The first-order valence-corrected chi connectivity index (χ1v) is 8.34. The third-order valence-corrected chi connectivity index (χ3v) is 4.01. The SMILES string of the molecule is O=C(CCc1nc(CCl)no1)Nc1nc(-c2ccccc2)cs1.